The summed E-state index contributed by atoms with van der Waals surface area (Å²) in [4.78, 5) is 0. The molecule has 3 heteroatoms. The average molecular weight is 253 g/mol. The van der Waals surface area contributed by atoms with Crippen molar-refractivity contribution in [3.05, 3.63) is 35.4 Å². The van der Waals surface area contributed by atoms with Crippen LogP contribution in [0.5, 0.6) is 0 Å². The first kappa shape index (κ1) is 13.5. The van der Waals surface area contributed by atoms with E-state index in [1.165, 1.54) is 18.9 Å². The number of benzene rings is 1. The first-order valence-corrected chi connectivity index (χ1v) is 6.82. The standard InChI is InChI=1S/C15H21F2N/c1-18-10-11-6-3-2-4-7-12(11)13-8-5-9-14(16)15(13)17/h5,8-9,11-12,18H,2-4,6-7,10H2,1H3. The summed E-state index contributed by atoms with van der Waals surface area (Å²) >= 11 is 0. The van der Waals surface area contributed by atoms with E-state index in [1.807, 2.05) is 7.05 Å². The third kappa shape index (κ3) is 2.89. The molecule has 1 aliphatic rings. The van der Waals surface area contributed by atoms with Gasteiger partial charge in [0.15, 0.2) is 11.6 Å². The second kappa shape index (κ2) is 6.28. The Morgan fingerprint density at radius 1 is 1.17 bits per heavy atom. The normalized spacial score (nSPS) is 24.8. The van der Waals surface area contributed by atoms with E-state index in [1.54, 1.807) is 12.1 Å². The van der Waals surface area contributed by atoms with Crippen LogP contribution in [0.2, 0.25) is 0 Å². The molecule has 1 N–H and O–H groups in total. The topological polar surface area (TPSA) is 12.0 Å². The molecule has 1 aliphatic carbocycles. The van der Waals surface area contributed by atoms with Gasteiger partial charge in [0.2, 0.25) is 0 Å². The summed E-state index contributed by atoms with van der Waals surface area (Å²) in [5, 5.41) is 3.18. The molecule has 1 aromatic carbocycles. The fourth-order valence-corrected chi connectivity index (χ4v) is 3.11. The summed E-state index contributed by atoms with van der Waals surface area (Å²) in [6, 6.07) is 4.56. The highest BCUT2D eigenvalue weighted by Gasteiger charge is 2.27. The second-order valence-electron chi connectivity index (χ2n) is 5.21. The van der Waals surface area contributed by atoms with Crippen molar-refractivity contribution in [3.8, 4) is 0 Å². The summed E-state index contributed by atoms with van der Waals surface area (Å²) in [6.07, 6.45) is 5.57. The van der Waals surface area contributed by atoms with Crippen LogP contribution in [0.4, 0.5) is 8.78 Å². The molecule has 1 nitrogen and oxygen atoms in total. The van der Waals surface area contributed by atoms with Crippen LogP contribution in [-0.2, 0) is 0 Å². The Morgan fingerprint density at radius 3 is 2.72 bits per heavy atom. The smallest absolute Gasteiger partial charge is 0.162 e. The molecule has 2 atom stereocenters. The van der Waals surface area contributed by atoms with Gasteiger partial charge in [0, 0.05) is 0 Å². The molecule has 0 bridgehead atoms. The fraction of sp³-hybridized carbons (Fsp3) is 0.600. The predicted octanol–water partition coefficient (Wildman–Crippen LogP) is 3.85. The Kier molecular flexibility index (Phi) is 4.70. The van der Waals surface area contributed by atoms with Crippen LogP contribution in [0.1, 0.15) is 43.6 Å². The minimum atomic E-state index is -0.722. The van der Waals surface area contributed by atoms with E-state index < -0.39 is 11.6 Å². The average Bonchev–Trinajstić information content (AvgIpc) is 2.59. The van der Waals surface area contributed by atoms with E-state index in [9.17, 15) is 8.78 Å². The molecule has 0 amide bonds. The van der Waals surface area contributed by atoms with Gasteiger partial charge >= 0.3 is 0 Å². The number of nitrogens with one attached hydrogen (secondary N) is 1. The van der Waals surface area contributed by atoms with Crippen LogP contribution >= 0.6 is 0 Å². The summed E-state index contributed by atoms with van der Waals surface area (Å²) in [5.74, 6) is -0.810. The molecule has 1 fully saturated rings. The van der Waals surface area contributed by atoms with Crippen LogP contribution in [0.3, 0.4) is 0 Å². The van der Waals surface area contributed by atoms with Gasteiger partial charge in [-0.05, 0) is 49.9 Å². The van der Waals surface area contributed by atoms with Gasteiger partial charge in [0.25, 0.3) is 0 Å². The predicted molar refractivity (Wildman–Crippen MR) is 69.6 cm³/mol. The van der Waals surface area contributed by atoms with Crippen LogP contribution in [0, 0.1) is 17.6 Å². The third-order valence-electron chi connectivity index (χ3n) is 4.01. The minimum Gasteiger partial charge on any atom is -0.319 e. The highest BCUT2D eigenvalue weighted by atomic mass is 19.2. The van der Waals surface area contributed by atoms with Crippen molar-refractivity contribution in [3.63, 3.8) is 0 Å². The number of hydrogen-bond acceptors (Lipinski definition) is 1. The molecule has 0 heterocycles. The van der Waals surface area contributed by atoms with E-state index in [0.29, 0.717) is 11.5 Å². The molecule has 2 unspecified atom stereocenters. The van der Waals surface area contributed by atoms with E-state index in [0.717, 1.165) is 25.8 Å². The lowest BCUT2D eigenvalue weighted by Gasteiger charge is -2.25. The highest BCUT2D eigenvalue weighted by molar-refractivity contribution is 5.24. The minimum absolute atomic E-state index is 0.149. The van der Waals surface area contributed by atoms with E-state index in [4.69, 9.17) is 0 Å². The molecule has 2 rings (SSSR count). The van der Waals surface area contributed by atoms with Crippen LogP contribution < -0.4 is 5.32 Å². The number of hydrogen-bond donors (Lipinski definition) is 1. The van der Waals surface area contributed by atoms with Crippen molar-refractivity contribution in [2.45, 2.75) is 38.0 Å². The van der Waals surface area contributed by atoms with E-state index >= 15 is 0 Å². The zero-order valence-electron chi connectivity index (χ0n) is 10.9. The summed E-state index contributed by atoms with van der Waals surface area (Å²) < 4.78 is 27.3. The Morgan fingerprint density at radius 2 is 1.94 bits per heavy atom. The molecule has 0 spiro atoms. The monoisotopic (exact) mass is 253 g/mol. The zero-order chi connectivity index (χ0) is 13.0. The van der Waals surface area contributed by atoms with Crippen LogP contribution in [0.15, 0.2) is 18.2 Å². The zero-order valence-corrected chi connectivity index (χ0v) is 10.9. The van der Waals surface area contributed by atoms with Gasteiger partial charge in [-0.25, -0.2) is 8.78 Å². The lowest BCUT2D eigenvalue weighted by molar-refractivity contribution is 0.370. The fourth-order valence-electron chi connectivity index (χ4n) is 3.11. The van der Waals surface area contributed by atoms with Gasteiger partial charge in [-0.2, -0.15) is 0 Å². The Balaban J connectivity index is 2.28. The summed E-state index contributed by atoms with van der Waals surface area (Å²) in [6.45, 7) is 0.876. The second-order valence-corrected chi connectivity index (χ2v) is 5.21. The maximum Gasteiger partial charge on any atom is 0.162 e. The van der Waals surface area contributed by atoms with Crippen molar-refractivity contribution in [2.75, 3.05) is 13.6 Å². The van der Waals surface area contributed by atoms with Crippen molar-refractivity contribution in [1.82, 2.24) is 5.32 Å². The molecule has 0 saturated heterocycles. The van der Waals surface area contributed by atoms with Crippen molar-refractivity contribution in [1.29, 1.82) is 0 Å². The highest BCUT2D eigenvalue weighted by Crippen LogP contribution is 2.37. The molecular weight excluding hydrogens is 232 g/mol. The molecular formula is C15H21F2N. The number of halogens is 2. The first-order valence-electron chi connectivity index (χ1n) is 6.82. The van der Waals surface area contributed by atoms with Crippen molar-refractivity contribution in [2.24, 2.45) is 5.92 Å². The molecule has 0 aromatic heterocycles. The van der Waals surface area contributed by atoms with Gasteiger partial charge in [0.05, 0.1) is 0 Å². The van der Waals surface area contributed by atoms with Gasteiger partial charge in [-0.3, -0.25) is 0 Å². The molecule has 0 aliphatic heterocycles. The van der Waals surface area contributed by atoms with Gasteiger partial charge in [0.1, 0.15) is 0 Å². The van der Waals surface area contributed by atoms with Gasteiger partial charge in [-0.15, -0.1) is 0 Å². The van der Waals surface area contributed by atoms with Crippen LogP contribution in [0.25, 0.3) is 0 Å². The quantitative estimate of drug-likeness (QED) is 0.807. The lowest BCUT2D eigenvalue weighted by Crippen LogP contribution is -2.24. The van der Waals surface area contributed by atoms with Gasteiger partial charge < -0.3 is 5.32 Å². The summed E-state index contributed by atoms with van der Waals surface area (Å²) in [5.41, 5.74) is 0.567. The van der Waals surface area contributed by atoms with Gasteiger partial charge in [-0.1, -0.05) is 31.4 Å². The number of rotatable bonds is 3. The first-order chi connectivity index (χ1) is 8.74. The van der Waals surface area contributed by atoms with Crippen molar-refractivity contribution >= 4 is 0 Å². The molecule has 1 aromatic rings. The Labute approximate surface area is 108 Å². The molecule has 100 valence electrons. The SMILES string of the molecule is CNCC1CCCCCC1c1cccc(F)c1F. The largest absolute Gasteiger partial charge is 0.319 e. The Hall–Kier alpha value is -0.960. The van der Waals surface area contributed by atoms with E-state index in [2.05, 4.69) is 5.32 Å². The maximum atomic E-state index is 13.9. The Bertz CT molecular complexity index is 392. The molecule has 0 radical (unpaired) electrons. The molecule has 1 saturated carbocycles. The van der Waals surface area contributed by atoms with Crippen LogP contribution in [-0.4, -0.2) is 13.6 Å². The van der Waals surface area contributed by atoms with E-state index in [-0.39, 0.29) is 5.92 Å². The summed E-state index contributed by atoms with van der Waals surface area (Å²) in [7, 11) is 1.92. The maximum absolute atomic E-state index is 13.9. The molecule has 18 heavy (non-hydrogen) atoms. The van der Waals surface area contributed by atoms with Crippen molar-refractivity contribution < 1.29 is 8.78 Å². The third-order valence-corrected chi connectivity index (χ3v) is 4.01. The lowest BCUT2D eigenvalue weighted by atomic mass is 9.82.